The maximum absolute atomic E-state index is 13.2. The van der Waals surface area contributed by atoms with Crippen LogP contribution in [0.1, 0.15) is 12.0 Å². The van der Waals surface area contributed by atoms with Gasteiger partial charge in [-0.1, -0.05) is 6.07 Å². The quantitative estimate of drug-likeness (QED) is 0.707. The molecule has 1 aromatic carbocycles. The fourth-order valence-corrected chi connectivity index (χ4v) is 4.94. The van der Waals surface area contributed by atoms with Crippen LogP contribution in [0.2, 0.25) is 0 Å². The average molecular weight is 369 g/mol. The van der Waals surface area contributed by atoms with Gasteiger partial charge in [0.1, 0.15) is 11.9 Å². The van der Waals surface area contributed by atoms with Crippen LogP contribution in [0.25, 0.3) is 10.9 Å². The lowest BCUT2D eigenvalue weighted by Crippen LogP contribution is -2.31. The summed E-state index contributed by atoms with van der Waals surface area (Å²) in [4.78, 5) is 8.66. The molecule has 0 unspecified atom stereocenters. The van der Waals surface area contributed by atoms with Crippen molar-refractivity contribution in [1.82, 2.24) is 14.3 Å². The largest absolute Gasteiger partial charge is 0.487 e. The average Bonchev–Trinajstić information content (AvgIpc) is 3.12. The van der Waals surface area contributed by atoms with E-state index in [4.69, 9.17) is 4.74 Å². The summed E-state index contributed by atoms with van der Waals surface area (Å²) in [6, 6.07) is 10.7. The molecule has 0 aliphatic carbocycles. The number of pyridine rings is 2. The van der Waals surface area contributed by atoms with Crippen LogP contribution in [0.15, 0.2) is 59.9 Å². The molecule has 4 rings (SSSR count). The first-order valence-corrected chi connectivity index (χ1v) is 9.91. The summed E-state index contributed by atoms with van der Waals surface area (Å²) < 4.78 is 33.7. The molecule has 134 valence electrons. The van der Waals surface area contributed by atoms with Crippen molar-refractivity contribution in [3.05, 3.63) is 60.6 Å². The van der Waals surface area contributed by atoms with Gasteiger partial charge in [0.15, 0.2) is 0 Å². The van der Waals surface area contributed by atoms with Gasteiger partial charge in [-0.25, -0.2) is 8.42 Å². The van der Waals surface area contributed by atoms with Gasteiger partial charge in [-0.3, -0.25) is 9.97 Å². The molecule has 26 heavy (non-hydrogen) atoms. The summed E-state index contributed by atoms with van der Waals surface area (Å²) in [5.41, 5.74) is 1.68. The first-order valence-electron chi connectivity index (χ1n) is 8.47. The highest BCUT2D eigenvalue weighted by molar-refractivity contribution is 7.89. The van der Waals surface area contributed by atoms with Gasteiger partial charge in [0.25, 0.3) is 0 Å². The number of aromatic nitrogens is 2. The molecule has 0 spiro atoms. The van der Waals surface area contributed by atoms with Crippen LogP contribution in [0.5, 0.6) is 5.75 Å². The molecule has 0 bridgehead atoms. The smallest absolute Gasteiger partial charge is 0.243 e. The van der Waals surface area contributed by atoms with Gasteiger partial charge in [-0.05, 0) is 49.2 Å². The number of ether oxygens (including phenoxy) is 1. The number of fused-ring (bicyclic) bond motifs is 1. The number of sulfonamides is 1. The second-order valence-electron chi connectivity index (χ2n) is 6.36. The number of aryl methyl sites for hydroxylation is 1. The molecule has 2 aromatic heterocycles. The van der Waals surface area contributed by atoms with Crippen molar-refractivity contribution in [2.75, 3.05) is 13.1 Å². The Morgan fingerprint density at radius 1 is 1.15 bits per heavy atom. The molecule has 0 amide bonds. The predicted molar refractivity (Wildman–Crippen MR) is 98.5 cm³/mol. The van der Waals surface area contributed by atoms with Crippen LogP contribution < -0.4 is 4.74 Å². The third-order valence-corrected chi connectivity index (χ3v) is 6.52. The van der Waals surface area contributed by atoms with E-state index in [0.29, 0.717) is 35.5 Å². The van der Waals surface area contributed by atoms with Crippen LogP contribution >= 0.6 is 0 Å². The lowest BCUT2D eigenvalue weighted by atomic mass is 10.1. The zero-order valence-electron chi connectivity index (χ0n) is 14.4. The van der Waals surface area contributed by atoms with Gasteiger partial charge < -0.3 is 4.74 Å². The van der Waals surface area contributed by atoms with Crippen molar-refractivity contribution in [3.63, 3.8) is 0 Å². The lowest BCUT2D eigenvalue weighted by Gasteiger charge is -2.18. The first kappa shape index (κ1) is 16.9. The maximum Gasteiger partial charge on any atom is 0.243 e. The number of rotatable bonds is 4. The van der Waals surface area contributed by atoms with Gasteiger partial charge in [-0.2, -0.15) is 4.31 Å². The van der Waals surface area contributed by atoms with E-state index in [1.807, 2.05) is 25.1 Å². The molecular weight excluding hydrogens is 350 g/mol. The van der Waals surface area contributed by atoms with E-state index in [2.05, 4.69) is 9.97 Å². The van der Waals surface area contributed by atoms with Crippen LogP contribution in [-0.4, -0.2) is 41.9 Å². The van der Waals surface area contributed by atoms with E-state index in [9.17, 15) is 8.42 Å². The number of hydrogen-bond donors (Lipinski definition) is 0. The Labute approximate surface area is 152 Å². The summed E-state index contributed by atoms with van der Waals surface area (Å²) >= 11 is 0. The zero-order valence-corrected chi connectivity index (χ0v) is 15.2. The molecule has 1 aliphatic heterocycles. The van der Waals surface area contributed by atoms with Crippen molar-refractivity contribution in [1.29, 1.82) is 0 Å². The van der Waals surface area contributed by atoms with Crippen molar-refractivity contribution < 1.29 is 13.2 Å². The van der Waals surface area contributed by atoms with E-state index in [0.717, 1.165) is 11.1 Å². The molecule has 3 heterocycles. The Morgan fingerprint density at radius 3 is 2.81 bits per heavy atom. The first-order chi connectivity index (χ1) is 12.6. The summed E-state index contributed by atoms with van der Waals surface area (Å²) in [5, 5.41) is 0.657. The van der Waals surface area contributed by atoms with Crippen LogP contribution in [0, 0.1) is 6.92 Å². The molecule has 6 nitrogen and oxygen atoms in total. The molecular formula is C19H19N3O3S. The highest BCUT2D eigenvalue weighted by Crippen LogP contribution is 2.29. The van der Waals surface area contributed by atoms with E-state index in [1.165, 1.54) is 4.31 Å². The lowest BCUT2D eigenvalue weighted by molar-refractivity contribution is 0.214. The standard InChI is InChI=1S/C19H19N3O3S/c1-14-6-7-18(17-5-3-10-21-19(14)17)26(23,24)22-11-8-16(13-22)25-15-4-2-9-20-12-15/h2-7,9-10,12,16H,8,11,13H2,1H3/t16-/m1/s1. The highest BCUT2D eigenvalue weighted by Gasteiger charge is 2.34. The Hall–Kier alpha value is -2.51. The third-order valence-electron chi connectivity index (χ3n) is 4.59. The van der Waals surface area contributed by atoms with E-state index in [-0.39, 0.29) is 6.10 Å². The minimum Gasteiger partial charge on any atom is -0.487 e. The predicted octanol–water partition coefficient (Wildman–Crippen LogP) is 2.78. The monoisotopic (exact) mass is 369 g/mol. The van der Waals surface area contributed by atoms with Crippen molar-refractivity contribution in [2.24, 2.45) is 0 Å². The second kappa shape index (κ2) is 6.66. The fourth-order valence-electron chi connectivity index (χ4n) is 3.27. The number of hydrogen-bond acceptors (Lipinski definition) is 5. The summed E-state index contributed by atoms with van der Waals surface area (Å²) in [7, 11) is -3.61. The summed E-state index contributed by atoms with van der Waals surface area (Å²) in [6.07, 6.45) is 5.46. The Morgan fingerprint density at radius 2 is 2.00 bits per heavy atom. The molecule has 3 aromatic rings. The second-order valence-corrected chi connectivity index (χ2v) is 8.27. The van der Waals surface area contributed by atoms with Gasteiger partial charge >= 0.3 is 0 Å². The van der Waals surface area contributed by atoms with Crippen molar-refractivity contribution in [2.45, 2.75) is 24.3 Å². The van der Waals surface area contributed by atoms with Gasteiger partial charge in [-0.15, -0.1) is 0 Å². The maximum atomic E-state index is 13.2. The molecule has 0 N–H and O–H groups in total. The SMILES string of the molecule is Cc1ccc(S(=O)(=O)N2CC[C@@H](Oc3cccnc3)C2)c2cccnc12. The topological polar surface area (TPSA) is 72.4 Å². The van der Waals surface area contributed by atoms with Crippen LogP contribution in [-0.2, 0) is 10.0 Å². The van der Waals surface area contributed by atoms with Crippen LogP contribution in [0.3, 0.4) is 0 Å². The van der Waals surface area contributed by atoms with Crippen molar-refractivity contribution in [3.8, 4) is 5.75 Å². The molecule has 1 saturated heterocycles. The van der Waals surface area contributed by atoms with E-state index < -0.39 is 10.0 Å². The van der Waals surface area contributed by atoms with E-state index >= 15 is 0 Å². The summed E-state index contributed by atoms with van der Waals surface area (Å²) in [5.74, 6) is 0.654. The fraction of sp³-hybridized carbons (Fsp3) is 0.263. The Balaban J connectivity index is 1.61. The molecule has 1 atom stereocenters. The minimum atomic E-state index is -3.61. The normalized spacial score (nSPS) is 18.3. The van der Waals surface area contributed by atoms with Crippen LogP contribution in [0.4, 0.5) is 0 Å². The van der Waals surface area contributed by atoms with Gasteiger partial charge in [0.05, 0.1) is 23.2 Å². The molecule has 1 fully saturated rings. The van der Waals surface area contributed by atoms with E-state index in [1.54, 1.807) is 36.8 Å². The molecule has 0 saturated carbocycles. The van der Waals surface area contributed by atoms with Gasteiger partial charge in [0.2, 0.25) is 10.0 Å². The number of benzene rings is 1. The highest BCUT2D eigenvalue weighted by atomic mass is 32.2. The van der Waals surface area contributed by atoms with Gasteiger partial charge in [0, 0.05) is 24.3 Å². The minimum absolute atomic E-state index is 0.177. The Kier molecular flexibility index (Phi) is 4.34. The number of nitrogens with zero attached hydrogens (tertiary/aromatic N) is 3. The molecule has 0 radical (unpaired) electrons. The third kappa shape index (κ3) is 3.04. The van der Waals surface area contributed by atoms with Crippen molar-refractivity contribution >= 4 is 20.9 Å². The molecule has 7 heteroatoms. The summed E-state index contributed by atoms with van der Waals surface area (Å²) in [6.45, 7) is 2.69. The molecule has 1 aliphatic rings. The Bertz CT molecular complexity index is 1040. The zero-order chi connectivity index (χ0) is 18.1.